The van der Waals surface area contributed by atoms with Gasteiger partial charge in [-0.25, -0.2) is 0 Å². The molecule has 90 valence electrons. The second-order valence-corrected chi connectivity index (χ2v) is 4.03. The summed E-state index contributed by atoms with van der Waals surface area (Å²) in [7, 11) is 0. The highest BCUT2D eigenvalue weighted by Gasteiger charge is 2.11. The summed E-state index contributed by atoms with van der Waals surface area (Å²) < 4.78 is 0. The maximum absolute atomic E-state index is 3.37. The van der Waals surface area contributed by atoms with Crippen molar-refractivity contribution < 1.29 is 0 Å². The monoisotopic (exact) mass is 220 g/mol. The maximum Gasteiger partial charge on any atom is 0.0396 e. The normalized spacial score (nSPS) is 15.4. The number of nitrogens with zero attached hydrogens (tertiary/aromatic N) is 1. The first-order chi connectivity index (χ1) is 7.77. The third-order valence-corrected chi connectivity index (χ3v) is 2.81. The van der Waals surface area contributed by atoms with Crippen LogP contribution in [-0.2, 0) is 0 Å². The number of anilines is 1. The van der Waals surface area contributed by atoms with Gasteiger partial charge in [0.2, 0.25) is 0 Å². The molecule has 2 nitrogen and oxygen atoms in total. The molecular formula is C14H24N2. The second kappa shape index (κ2) is 6.54. The van der Waals surface area contributed by atoms with Gasteiger partial charge >= 0.3 is 0 Å². The SMILES string of the molecule is CC.Cc1ccc(N2CCNCC2)c(C)c1. The zero-order valence-electron chi connectivity index (χ0n) is 11.0. The van der Waals surface area contributed by atoms with Gasteiger partial charge in [0, 0.05) is 31.9 Å². The van der Waals surface area contributed by atoms with E-state index in [0.29, 0.717) is 0 Å². The van der Waals surface area contributed by atoms with Gasteiger partial charge in [-0.05, 0) is 25.5 Å². The van der Waals surface area contributed by atoms with Crippen molar-refractivity contribution in [3.8, 4) is 0 Å². The minimum Gasteiger partial charge on any atom is -0.369 e. The van der Waals surface area contributed by atoms with Crippen LogP contribution in [-0.4, -0.2) is 26.2 Å². The average Bonchev–Trinajstić information content (AvgIpc) is 2.33. The van der Waals surface area contributed by atoms with Crippen molar-refractivity contribution in [3.05, 3.63) is 29.3 Å². The van der Waals surface area contributed by atoms with Gasteiger partial charge in [0.15, 0.2) is 0 Å². The summed E-state index contributed by atoms with van der Waals surface area (Å²) in [5, 5.41) is 3.37. The lowest BCUT2D eigenvalue weighted by molar-refractivity contribution is 0.588. The van der Waals surface area contributed by atoms with Crippen LogP contribution in [0.3, 0.4) is 0 Å². The largest absolute Gasteiger partial charge is 0.369 e. The molecule has 0 unspecified atom stereocenters. The summed E-state index contributed by atoms with van der Waals surface area (Å²) >= 11 is 0. The van der Waals surface area contributed by atoms with Crippen molar-refractivity contribution >= 4 is 5.69 Å². The van der Waals surface area contributed by atoms with Crippen LogP contribution in [0.4, 0.5) is 5.69 Å². The van der Waals surface area contributed by atoms with E-state index >= 15 is 0 Å². The summed E-state index contributed by atoms with van der Waals surface area (Å²) in [6, 6.07) is 6.71. The Kier molecular flexibility index (Phi) is 5.33. The molecule has 1 aliphatic heterocycles. The summed E-state index contributed by atoms with van der Waals surface area (Å²) in [6.07, 6.45) is 0. The highest BCUT2D eigenvalue weighted by Crippen LogP contribution is 2.21. The fourth-order valence-corrected chi connectivity index (χ4v) is 2.07. The standard InChI is InChI=1S/C12H18N2.C2H6/c1-10-3-4-12(11(2)9-10)14-7-5-13-6-8-14;1-2/h3-4,9,13H,5-8H2,1-2H3;1-2H3. The van der Waals surface area contributed by atoms with E-state index in [4.69, 9.17) is 0 Å². The van der Waals surface area contributed by atoms with Gasteiger partial charge in [-0.1, -0.05) is 31.5 Å². The van der Waals surface area contributed by atoms with E-state index in [1.165, 1.54) is 16.8 Å². The number of hydrogen-bond acceptors (Lipinski definition) is 2. The van der Waals surface area contributed by atoms with Crippen LogP contribution in [0.2, 0.25) is 0 Å². The van der Waals surface area contributed by atoms with E-state index in [2.05, 4.69) is 42.3 Å². The Hall–Kier alpha value is -1.02. The number of nitrogens with one attached hydrogen (secondary N) is 1. The Labute approximate surface area is 99.7 Å². The van der Waals surface area contributed by atoms with Gasteiger partial charge in [0.25, 0.3) is 0 Å². The molecule has 1 heterocycles. The van der Waals surface area contributed by atoms with Crippen LogP contribution in [0.5, 0.6) is 0 Å². The molecule has 0 amide bonds. The summed E-state index contributed by atoms with van der Waals surface area (Å²) in [5.41, 5.74) is 4.14. The molecule has 0 spiro atoms. The molecule has 0 aliphatic carbocycles. The zero-order valence-corrected chi connectivity index (χ0v) is 11.0. The highest BCUT2D eigenvalue weighted by molar-refractivity contribution is 5.54. The van der Waals surface area contributed by atoms with E-state index in [0.717, 1.165) is 26.2 Å². The average molecular weight is 220 g/mol. The smallest absolute Gasteiger partial charge is 0.0396 e. The van der Waals surface area contributed by atoms with Crippen LogP contribution in [0.1, 0.15) is 25.0 Å². The summed E-state index contributed by atoms with van der Waals surface area (Å²) in [6.45, 7) is 12.8. The number of rotatable bonds is 1. The Bertz CT molecular complexity index is 315. The third-order valence-electron chi connectivity index (χ3n) is 2.81. The van der Waals surface area contributed by atoms with Crippen LogP contribution >= 0.6 is 0 Å². The van der Waals surface area contributed by atoms with Crippen LogP contribution in [0.25, 0.3) is 0 Å². The summed E-state index contributed by atoms with van der Waals surface area (Å²) in [4.78, 5) is 2.46. The number of aryl methyl sites for hydroxylation is 2. The third kappa shape index (κ3) is 3.24. The quantitative estimate of drug-likeness (QED) is 0.783. The molecule has 1 saturated heterocycles. The molecule has 2 heteroatoms. The first kappa shape index (κ1) is 13.0. The van der Waals surface area contributed by atoms with Crippen molar-refractivity contribution in [1.29, 1.82) is 0 Å². The van der Waals surface area contributed by atoms with E-state index in [1.807, 2.05) is 13.8 Å². The van der Waals surface area contributed by atoms with E-state index < -0.39 is 0 Å². The summed E-state index contributed by atoms with van der Waals surface area (Å²) in [5.74, 6) is 0. The lowest BCUT2D eigenvalue weighted by Crippen LogP contribution is -2.43. The molecule has 0 aromatic heterocycles. The highest BCUT2D eigenvalue weighted by atomic mass is 15.2. The van der Waals surface area contributed by atoms with Gasteiger partial charge in [-0.2, -0.15) is 0 Å². The molecule has 16 heavy (non-hydrogen) atoms. The van der Waals surface area contributed by atoms with E-state index in [-0.39, 0.29) is 0 Å². The van der Waals surface area contributed by atoms with Crippen LogP contribution in [0.15, 0.2) is 18.2 Å². The molecule has 1 N–H and O–H groups in total. The van der Waals surface area contributed by atoms with E-state index in [1.54, 1.807) is 0 Å². The predicted molar refractivity (Wildman–Crippen MR) is 72.3 cm³/mol. The van der Waals surface area contributed by atoms with Gasteiger partial charge in [0.1, 0.15) is 0 Å². The molecular weight excluding hydrogens is 196 g/mol. The Morgan fingerprint density at radius 2 is 1.69 bits per heavy atom. The molecule has 1 aromatic carbocycles. The first-order valence-corrected chi connectivity index (χ1v) is 6.30. The lowest BCUT2D eigenvalue weighted by atomic mass is 10.1. The molecule has 0 radical (unpaired) electrons. The fourth-order valence-electron chi connectivity index (χ4n) is 2.07. The maximum atomic E-state index is 3.37. The van der Waals surface area contributed by atoms with Gasteiger partial charge in [-0.15, -0.1) is 0 Å². The van der Waals surface area contributed by atoms with Crippen molar-refractivity contribution in [2.45, 2.75) is 27.7 Å². The number of hydrogen-bond donors (Lipinski definition) is 1. The molecule has 0 saturated carbocycles. The predicted octanol–water partition coefficient (Wildman–Crippen LogP) is 2.74. The lowest BCUT2D eigenvalue weighted by Gasteiger charge is -2.30. The van der Waals surface area contributed by atoms with Gasteiger partial charge < -0.3 is 10.2 Å². The molecule has 1 fully saturated rings. The Morgan fingerprint density at radius 1 is 1.06 bits per heavy atom. The fraction of sp³-hybridized carbons (Fsp3) is 0.571. The molecule has 0 atom stereocenters. The van der Waals surface area contributed by atoms with Crippen molar-refractivity contribution in [3.63, 3.8) is 0 Å². The second-order valence-electron chi connectivity index (χ2n) is 4.03. The van der Waals surface area contributed by atoms with Crippen LogP contribution < -0.4 is 10.2 Å². The Balaban J connectivity index is 0.000000606. The zero-order chi connectivity index (χ0) is 12.0. The van der Waals surface area contributed by atoms with E-state index in [9.17, 15) is 0 Å². The van der Waals surface area contributed by atoms with Crippen LogP contribution in [0, 0.1) is 13.8 Å². The topological polar surface area (TPSA) is 15.3 Å². The molecule has 1 aliphatic rings. The number of benzene rings is 1. The van der Waals surface area contributed by atoms with Gasteiger partial charge in [-0.3, -0.25) is 0 Å². The van der Waals surface area contributed by atoms with Crippen molar-refractivity contribution in [2.24, 2.45) is 0 Å². The molecule has 2 rings (SSSR count). The number of piperazine rings is 1. The minimum atomic E-state index is 1.10. The van der Waals surface area contributed by atoms with Crippen molar-refractivity contribution in [1.82, 2.24) is 5.32 Å². The minimum absolute atomic E-state index is 1.10. The van der Waals surface area contributed by atoms with Gasteiger partial charge in [0.05, 0.1) is 0 Å². The molecule has 0 bridgehead atoms. The Morgan fingerprint density at radius 3 is 2.25 bits per heavy atom. The van der Waals surface area contributed by atoms with Crippen molar-refractivity contribution in [2.75, 3.05) is 31.1 Å². The molecule has 1 aromatic rings. The first-order valence-electron chi connectivity index (χ1n) is 6.30.